The maximum Gasteiger partial charge on any atom is 0.263 e. The average molecular weight is 522 g/mol. The molecule has 0 spiro atoms. The summed E-state index contributed by atoms with van der Waals surface area (Å²) < 4.78 is 53.5. The molecule has 4 rings (SSSR count). The zero-order valence-corrected chi connectivity index (χ0v) is 20.2. The second-order valence-corrected chi connectivity index (χ2v) is 11.4. The Morgan fingerprint density at radius 3 is 2.21 bits per heavy atom. The molecule has 2 N–H and O–H groups in total. The number of nitrogens with zero attached hydrogens (tertiary/aromatic N) is 1. The van der Waals surface area contributed by atoms with Gasteiger partial charge < -0.3 is 0 Å². The molecule has 0 aliphatic rings. The quantitative estimate of drug-likeness (QED) is 0.354. The third-order valence-corrected chi connectivity index (χ3v) is 7.47. The van der Waals surface area contributed by atoms with E-state index < -0.39 is 20.0 Å². The van der Waals surface area contributed by atoms with Gasteiger partial charge in [-0.1, -0.05) is 47.5 Å². The first-order valence-corrected chi connectivity index (χ1v) is 13.6. The fraction of sp³-hybridized carbons (Fsp3) is 0.0455. The van der Waals surface area contributed by atoms with Crippen molar-refractivity contribution in [3.05, 3.63) is 83.0 Å². The Balaban J connectivity index is 1.70. The summed E-state index contributed by atoms with van der Waals surface area (Å²) >= 11 is 12.6. The van der Waals surface area contributed by atoms with E-state index in [0.717, 1.165) is 17.0 Å². The van der Waals surface area contributed by atoms with E-state index in [2.05, 4.69) is 14.4 Å². The van der Waals surface area contributed by atoms with Crippen LogP contribution in [0.1, 0.15) is 0 Å². The maximum absolute atomic E-state index is 13.0. The summed E-state index contributed by atoms with van der Waals surface area (Å²) in [6.07, 6.45) is 2.65. The molecule has 0 bridgehead atoms. The molecule has 0 unspecified atom stereocenters. The van der Waals surface area contributed by atoms with E-state index in [1.807, 2.05) is 30.3 Å². The van der Waals surface area contributed by atoms with Crippen molar-refractivity contribution < 1.29 is 16.8 Å². The lowest BCUT2D eigenvalue weighted by Crippen LogP contribution is -2.14. The van der Waals surface area contributed by atoms with Crippen molar-refractivity contribution in [2.75, 3.05) is 15.7 Å². The molecular formula is C22H17Cl2N3O4S2. The van der Waals surface area contributed by atoms with Crippen LogP contribution in [-0.4, -0.2) is 28.1 Å². The number of fused-ring (bicyclic) bond motifs is 1. The minimum Gasteiger partial charge on any atom is -0.284 e. The van der Waals surface area contributed by atoms with Gasteiger partial charge in [-0.25, -0.2) is 16.8 Å². The maximum atomic E-state index is 13.0. The van der Waals surface area contributed by atoms with Crippen LogP contribution in [0.2, 0.25) is 10.0 Å². The molecule has 0 saturated carbocycles. The molecule has 0 aliphatic carbocycles. The lowest BCUT2D eigenvalue weighted by Gasteiger charge is -2.13. The molecule has 0 radical (unpaired) electrons. The predicted molar refractivity (Wildman–Crippen MR) is 133 cm³/mol. The molecule has 3 aromatic carbocycles. The van der Waals surface area contributed by atoms with Crippen LogP contribution < -0.4 is 9.44 Å². The highest BCUT2D eigenvalue weighted by Gasteiger charge is 2.20. The molecule has 4 aromatic rings. The number of nitrogens with one attached hydrogen (secondary N) is 2. The van der Waals surface area contributed by atoms with Gasteiger partial charge in [-0.15, -0.1) is 0 Å². The first-order valence-electron chi connectivity index (χ1n) is 9.47. The van der Waals surface area contributed by atoms with Crippen LogP contribution in [0.4, 0.5) is 11.4 Å². The second-order valence-electron chi connectivity index (χ2n) is 7.20. The van der Waals surface area contributed by atoms with Gasteiger partial charge in [0.15, 0.2) is 0 Å². The smallest absolute Gasteiger partial charge is 0.263 e. The molecule has 1 aromatic heterocycles. The van der Waals surface area contributed by atoms with E-state index in [1.165, 1.54) is 24.3 Å². The molecule has 1 heterocycles. The minimum atomic E-state index is -4.08. The van der Waals surface area contributed by atoms with Crippen LogP contribution >= 0.6 is 23.2 Å². The first-order chi connectivity index (χ1) is 15.5. The molecule has 33 heavy (non-hydrogen) atoms. The topological polar surface area (TPSA) is 105 Å². The second kappa shape index (κ2) is 8.83. The molecule has 0 saturated heterocycles. The molecule has 0 aliphatic heterocycles. The van der Waals surface area contributed by atoms with Gasteiger partial charge in [0.1, 0.15) is 4.90 Å². The summed E-state index contributed by atoms with van der Waals surface area (Å²) in [6, 6.07) is 18.0. The minimum absolute atomic E-state index is 0.138. The lowest BCUT2D eigenvalue weighted by molar-refractivity contribution is 0.601. The molecule has 0 fully saturated rings. The fourth-order valence-electron chi connectivity index (χ4n) is 3.31. The van der Waals surface area contributed by atoms with Crippen molar-refractivity contribution >= 4 is 65.4 Å². The van der Waals surface area contributed by atoms with Gasteiger partial charge in [0.25, 0.3) is 10.0 Å². The molecular weight excluding hydrogens is 505 g/mol. The zero-order valence-electron chi connectivity index (χ0n) is 17.1. The lowest BCUT2D eigenvalue weighted by atomic mass is 10.0. The number of benzene rings is 3. The van der Waals surface area contributed by atoms with Crippen molar-refractivity contribution in [1.82, 2.24) is 4.98 Å². The number of anilines is 2. The standard InChI is InChI=1S/C22H17Cl2N3O4S2/c1-32(28,29)26-16-7-9-21(20(24)13-16)33(30,31)27-15-6-8-19(23)18(12-15)22-17-5-3-2-4-14(17)10-11-25-22/h2-13,26-27H,1H3. The number of rotatable bonds is 6. The fourth-order valence-corrected chi connectivity index (χ4v) is 5.67. The van der Waals surface area contributed by atoms with E-state index in [4.69, 9.17) is 23.2 Å². The van der Waals surface area contributed by atoms with Crippen LogP contribution in [0.5, 0.6) is 0 Å². The normalized spacial score (nSPS) is 12.0. The zero-order chi connectivity index (χ0) is 23.8. The molecule has 0 atom stereocenters. The van der Waals surface area contributed by atoms with Crippen LogP contribution in [0.3, 0.4) is 0 Å². The van der Waals surface area contributed by atoms with Gasteiger partial charge in [0.05, 0.1) is 27.7 Å². The average Bonchev–Trinajstić information content (AvgIpc) is 2.73. The SMILES string of the molecule is CS(=O)(=O)Nc1ccc(S(=O)(=O)Nc2ccc(Cl)c(-c3nccc4ccccc34)c2)c(Cl)c1. The number of halogens is 2. The summed E-state index contributed by atoms with van der Waals surface area (Å²) in [6.45, 7) is 0. The Hall–Kier alpha value is -2.85. The van der Waals surface area contributed by atoms with Crippen molar-refractivity contribution in [2.45, 2.75) is 4.90 Å². The van der Waals surface area contributed by atoms with Gasteiger partial charge in [0.2, 0.25) is 10.0 Å². The van der Waals surface area contributed by atoms with Gasteiger partial charge in [-0.2, -0.15) is 0 Å². The molecule has 0 amide bonds. The summed E-state index contributed by atoms with van der Waals surface area (Å²) in [5, 5.41) is 2.12. The van der Waals surface area contributed by atoms with Crippen molar-refractivity contribution in [3.8, 4) is 11.3 Å². The Labute approximate surface area is 201 Å². The van der Waals surface area contributed by atoms with E-state index in [-0.39, 0.29) is 21.3 Å². The summed E-state index contributed by atoms with van der Waals surface area (Å²) in [5.41, 5.74) is 1.59. The van der Waals surface area contributed by atoms with E-state index in [9.17, 15) is 16.8 Å². The van der Waals surface area contributed by atoms with Gasteiger partial charge in [0, 0.05) is 22.8 Å². The Kier molecular flexibility index (Phi) is 6.24. The van der Waals surface area contributed by atoms with E-state index in [0.29, 0.717) is 16.3 Å². The monoisotopic (exact) mass is 521 g/mol. The van der Waals surface area contributed by atoms with Gasteiger partial charge in [-0.3, -0.25) is 14.4 Å². The van der Waals surface area contributed by atoms with Crippen molar-refractivity contribution in [1.29, 1.82) is 0 Å². The Bertz CT molecular complexity index is 1590. The van der Waals surface area contributed by atoms with Crippen molar-refractivity contribution in [3.63, 3.8) is 0 Å². The number of hydrogen-bond acceptors (Lipinski definition) is 5. The summed E-state index contributed by atoms with van der Waals surface area (Å²) in [7, 11) is -7.62. The van der Waals surface area contributed by atoms with Gasteiger partial charge >= 0.3 is 0 Å². The summed E-state index contributed by atoms with van der Waals surface area (Å²) in [4.78, 5) is 4.24. The highest BCUT2D eigenvalue weighted by molar-refractivity contribution is 7.93. The van der Waals surface area contributed by atoms with Gasteiger partial charge in [-0.05, 0) is 47.9 Å². The summed E-state index contributed by atoms with van der Waals surface area (Å²) in [5.74, 6) is 0. The Morgan fingerprint density at radius 1 is 0.788 bits per heavy atom. The number of sulfonamides is 2. The molecule has 170 valence electrons. The van der Waals surface area contributed by atoms with E-state index >= 15 is 0 Å². The highest BCUT2D eigenvalue weighted by Crippen LogP contribution is 2.35. The molecule has 11 heteroatoms. The molecule has 7 nitrogen and oxygen atoms in total. The largest absolute Gasteiger partial charge is 0.284 e. The van der Waals surface area contributed by atoms with E-state index in [1.54, 1.807) is 18.3 Å². The number of hydrogen-bond donors (Lipinski definition) is 2. The Morgan fingerprint density at radius 2 is 1.48 bits per heavy atom. The predicted octanol–water partition coefficient (Wildman–Crippen LogP) is 5.38. The van der Waals surface area contributed by atoms with Crippen LogP contribution in [0, 0.1) is 0 Å². The number of pyridine rings is 1. The highest BCUT2D eigenvalue weighted by atomic mass is 35.5. The van der Waals surface area contributed by atoms with Crippen molar-refractivity contribution in [2.24, 2.45) is 0 Å². The first kappa shape index (κ1) is 23.3. The number of aromatic nitrogens is 1. The van der Waals surface area contributed by atoms with Crippen LogP contribution in [-0.2, 0) is 20.0 Å². The van der Waals surface area contributed by atoms with Crippen LogP contribution in [0.15, 0.2) is 77.8 Å². The third kappa shape index (κ3) is 5.22. The third-order valence-electron chi connectivity index (χ3n) is 4.67. The van der Waals surface area contributed by atoms with Crippen LogP contribution in [0.25, 0.3) is 22.0 Å².